The van der Waals surface area contributed by atoms with E-state index in [0.717, 1.165) is 21.8 Å². The highest BCUT2D eigenvalue weighted by Crippen LogP contribution is 2.36. The maximum Gasteiger partial charge on any atom is 0.181 e. The first kappa shape index (κ1) is 12.1. The smallest absolute Gasteiger partial charge is 0.181 e. The highest BCUT2D eigenvalue weighted by Gasteiger charge is 2.17. The van der Waals surface area contributed by atoms with Gasteiger partial charge in [-0.3, -0.25) is 5.10 Å². The van der Waals surface area contributed by atoms with Crippen molar-refractivity contribution in [2.75, 3.05) is 5.73 Å². The van der Waals surface area contributed by atoms with E-state index in [4.69, 9.17) is 17.3 Å². The summed E-state index contributed by atoms with van der Waals surface area (Å²) in [7, 11) is 0. The van der Waals surface area contributed by atoms with E-state index >= 15 is 0 Å². The van der Waals surface area contributed by atoms with Crippen molar-refractivity contribution in [2.24, 2.45) is 0 Å². The number of rotatable bonds is 2. The van der Waals surface area contributed by atoms with Crippen LogP contribution in [0.2, 0.25) is 5.02 Å². The third-order valence-electron chi connectivity index (χ3n) is 2.54. The third kappa shape index (κ3) is 2.18. The molecule has 0 radical (unpaired) electrons. The number of aromatic amines is 1. The molecule has 0 aliphatic carbocycles. The molecule has 0 fully saturated rings. The van der Waals surface area contributed by atoms with Gasteiger partial charge in [0.25, 0.3) is 0 Å². The van der Waals surface area contributed by atoms with E-state index in [1.807, 2.05) is 6.92 Å². The van der Waals surface area contributed by atoms with Crippen LogP contribution in [0.1, 0.15) is 5.69 Å². The van der Waals surface area contributed by atoms with Gasteiger partial charge < -0.3 is 5.73 Å². The van der Waals surface area contributed by atoms with Gasteiger partial charge in [0.05, 0.1) is 22.6 Å². The topological polar surface area (TPSA) is 93.4 Å². The lowest BCUT2D eigenvalue weighted by Crippen LogP contribution is -1.92. The largest absolute Gasteiger partial charge is 0.375 e. The first-order chi connectivity index (χ1) is 9.15. The van der Waals surface area contributed by atoms with Crippen LogP contribution in [0, 0.1) is 6.92 Å². The van der Waals surface area contributed by atoms with Gasteiger partial charge in [-0.1, -0.05) is 22.9 Å². The summed E-state index contributed by atoms with van der Waals surface area (Å²) < 4.78 is 0. The van der Waals surface area contributed by atoms with Crippen LogP contribution >= 0.6 is 22.9 Å². The minimum Gasteiger partial charge on any atom is -0.375 e. The Hall–Kier alpha value is -1.99. The standard InChI is InChI=1S/C11H9ClN6S/c1-5-7(12)4-14-10(17-5)9-8(18-11(13)19-9)6-2-15-16-3-6/h2-4H,1H3,(H2,13,18)(H,15,16). The first-order valence-electron chi connectivity index (χ1n) is 5.40. The lowest BCUT2D eigenvalue weighted by Gasteiger charge is -2.01. The van der Waals surface area contributed by atoms with Crippen molar-refractivity contribution in [1.82, 2.24) is 25.1 Å². The van der Waals surface area contributed by atoms with E-state index in [-0.39, 0.29) is 0 Å². The Balaban J connectivity index is 2.17. The van der Waals surface area contributed by atoms with Gasteiger partial charge in [0.1, 0.15) is 4.88 Å². The molecule has 19 heavy (non-hydrogen) atoms. The van der Waals surface area contributed by atoms with Gasteiger partial charge >= 0.3 is 0 Å². The van der Waals surface area contributed by atoms with Gasteiger partial charge in [-0.05, 0) is 6.92 Å². The van der Waals surface area contributed by atoms with Crippen molar-refractivity contribution in [3.63, 3.8) is 0 Å². The maximum atomic E-state index is 5.94. The molecule has 3 N–H and O–H groups in total. The molecule has 0 saturated carbocycles. The summed E-state index contributed by atoms with van der Waals surface area (Å²) >= 11 is 7.27. The lowest BCUT2D eigenvalue weighted by molar-refractivity contribution is 1.09. The van der Waals surface area contributed by atoms with Crippen molar-refractivity contribution in [1.29, 1.82) is 0 Å². The van der Waals surface area contributed by atoms with Crippen LogP contribution in [0.15, 0.2) is 18.6 Å². The molecule has 6 nitrogen and oxygen atoms in total. The monoisotopic (exact) mass is 292 g/mol. The molecule has 0 saturated heterocycles. The Kier molecular flexibility index (Phi) is 2.92. The molecule has 0 amide bonds. The van der Waals surface area contributed by atoms with Crippen LogP contribution in [0.25, 0.3) is 22.0 Å². The SMILES string of the molecule is Cc1nc(-c2sc(N)nc2-c2cn[nH]c2)ncc1Cl. The second-order valence-electron chi connectivity index (χ2n) is 3.84. The Morgan fingerprint density at radius 2 is 2.16 bits per heavy atom. The molecule has 3 heterocycles. The minimum atomic E-state index is 0.461. The number of nitrogen functional groups attached to an aromatic ring is 1. The van der Waals surface area contributed by atoms with Gasteiger partial charge in [0.2, 0.25) is 0 Å². The number of nitrogens with one attached hydrogen (secondary N) is 1. The fourth-order valence-corrected chi connectivity index (χ4v) is 2.51. The molecular formula is C11H9ClN6S. The van der Waals surface area contributed by atoms with Crippen LogP contribution in [0.5, 0.6) is 0 Å². The number of nitrogens with zero attached hydrogens (tertiary/aromatic N) is 4. The van der Waals surface area contributed by atoms with Crippen LogP contribution in [-0.4, -0.2) is 25.1 Å². The summed E-state index contributed by atoms with van der Waals surface area (Å²) in [6, 6.07) is 0. The van der Waals surface area contributed by atoms with Gasteiger partial charge in [0.15, 0.2) is 11.0 Å². The molecule has 3 aromatic rings. The molecule has 0 aromatic carbocycles. The van der Waals surface area contributed by atoms with Crippen molar-refractivity contribution in [3.8, 4) is 22.0 Å². The normalized spacial score (nSPS) is 10.8. The Bertz CT molecular complexity index is 721. The first-order valence-corrected chi connectivity index (χ1v) is 6.59. The van der Waals surface area contributed by atoms with Crippen molar-refractivity contribution < 1.29 is 0 Å². The van der Waals surface area contributed by atoms with E-state index in [0.29, 0.717) is 16.0 Å². The van der Waals surface area contributed by atoms with Crippen LogP contribution < -0.4 is 5.73 Å². The fourth-order valence-electron chi connectivity index (χ4n) is 1.63. The molecule has 0 aliphatic heterocycles. The summed E-state index contributed by atoms with van der Waals surface area (Å²) in [4.78, 5) is 13.7. The highest BCUT2D eigenvalue weighted by atomic mass is 35.5. The Morgan fingerprint density at radius 3 is 2.84 bits per heavy atom. The quantitative estimate of drug-likeness (QED) is 0.757. The van der Waals surface area contributed by atoms with E-state index in [1.54, 1.807) is 18.6 Å². The zero-order chi connectivity index (χ0) is 13.4. The average Bonchev–Trinajstić information content (AvgIpc) is 3.01. The molecule has 0 aliphatic rings. The zero-order valence-electron chi connectivity index (χ0n) is 9.88. The number of nitrogens with two attached hydrogens (primary N) is 1. The summed E-state index contributed by atoms with van der Waals surface area (Å²) in [6.45, 7) is 1.83. The maximum absolute atomic E-state index is 5.94. The zero-order valence-corrected chi connectivity index (χ0v) is 11.5. The number of aryl methyl sites for hydroxylation is 1. The van der Waals surface area contributed by atoms with Gasteiger partial charge in [0, 0.05) is 18.0 Å². The predicted molar refractivity (Wildman–Crippen MR) is 74.9 cm³/mol. The average molecular weight is 293 g/mol. The Morgan fingerprint density at radius 1 is 1.32 bits per heavy atom. The van der Waals surface area contributed by atoms with Crippen LogP contribution in [-0.2, 0) is 0 Å². The van der Waals surface area contributed by atoms with E-state index < -0.39 is 0 Å². The predicted octanol–water partition coefficient (Wildman–Crippen LogP) is 2.53. The Labute approximate surface area is 117 Å². The second-order valence-corrected chi connectivity index (χ2v) is 5.28. The van der Waals surface area contributed by atoms with Crippen molar-refractivity contribution >= 4 is 28.1 Å². The summed E-state index contributed by atoms with van der Waals surface area (Å²) in [5, 5.41) is 7.65. The molecule has 3 rings (SSSR count). The molecule has 0 bridgehead atoms. The number of anilines is 1. The number of aromatic nitrogens is 5. The summed E-state index contributed by atoms with van der Waals surface area (Å²) in [6.07, 6.45) is 5.01. The number of H-pyrrole nitrogens is 1. The molecule has 96 valence electrons. The number of hydrogen-bond donors (Lipinski definition) is 2. The van der Waals surface area contributed by atoms with Crippen LogP contribution in [0.3, 0.4) is 0 Å². The molecule has 8 heteroatoms. The summed E-state index contributed by atoms with van der Waals surface area (Å²) in [5.74, 6) is 0.562. The van der Waals surface area contributed by atoms with E-state index in [2.05, 4.69) is 25.1 Å². The summed E-state index contributed by atoms with van der Waals surface area (Å²) in [5.41, 5.74) is 8.07. The van der Waals surface area contributed by atoms with Crippen molar-refractivity contribution in [3.05, 3.63) is 29.3 Å². The molecular weight excluding hydrogens is 284 g/mol. The second kappa shape index (κ2) is 4.60. The fraction of sp³-hybridized carbons (Fsp3) is 0.0909. The van der Waals surface area contributed by atoms with E-state index in [9.17, 15) is 0 Å². The van der Waals surface area contributed by atoms with Crippen LogP contribution in [0.4, 0.5) is 5.13 Å². The number of thiazole rings is 1. The van der Waals surface area contributed by atoms with Gasteiger partial charge in [-0.2, -0.15) is 5.10 Å². The molecule has 3 aromatic heterocycles. The minimum absolute atomic E-state index is 0.461. The van der Waals surface area contributed by atoms with Gasteiger partial charge in [-0.25, -0.2) is 15.0 Å². The molecule has 0 unspecified atom stereocenters. The van der Waals surface area contributed by atoms with Crippen molar-refractivity contribution in [2.45, 2.75) is 6.92 Å². The molecule has 0 atom stereocenters. The van der Waals surface area contributed by atoms with E-state index in [1.165, 1.54) is 11.3 Å². The third-order valence-corrected chi connectivity index (χ3v) is 3.79. The van der Waals surface area contributed by atoms with Gasteiger partial charge in [-0.15, -0.1) is 0 Å². The highest BCUT2D eigenvalue weighted by molar-refractivity contribution is 7.19. The number of hydrogen-bond acceptors (Lipinski definition) is 6. The number of halogens is 1. The lowest BCUT2D eigenvalue weighted by atomic mass is 10.2. The molecule has 0 spiro atoms.